The predicted octanol–water partition coefficient (Wildman–Crippen LogP) is 1.47. The van der Waals surface area contributed by atoms with Crippen molar-refractivity contribution in [1.29, 1.82) is 0 Å². The SMILES string of the molecule is CC[N+](CC)(CC)Cc1ccccc1.I.I.N.[I-]. The predicted molar refractivity (Wildman–Crippen MR) is 97.9 cm³/mol. The van der Waals surface area contributed by atoms with E-state index in [0.717, 1.165) is 0 Å². The standard InChI is InChI=1S/C13H22N.3HI.H3N/c1-4-14(5-2,6-3)12-13-10-8-7-9-11-13;;;;/h7-11H,4-6,12H2,1-3H3;3*1H;1H3/q+1;;;;/p-1. The Kier molecular flexibility index (Phi) is 22.6. The Bertz CT molecular complexity index is 256. The van der Waals surface area contributed by atoms with E-state index in [-0.39, 0.29) is 78.1 Å². The Hall–Kier alpha value is 1.33. The summed E-state index contributed by atoms with van der Waals surface area (Å²) in [7, 11) is 0. The van der Waals surface area contributed by atoms with Gasteiger partial charge in [-0.3, -0.25) is 0 Å². The van der Waals surface area contributed by atoms with E-state index in [1.807, 2.05) is 0 Å². The fourth-order valence-corrected chi connectivity index (χ4v) is 1.98. The van der Waals surface area contributed by atoms with Crippen LogP contribution in [0.3, 0.4) is 0 Å². The van der Waals surface area contributed by atoms with Gasteiger partial charge in [-0.1, -0.05) is 30.3 Å². The number of quaternary nitrogens is 1. The molecule has 1 aromatic carbocycles. The average Bonchev–Trinajstić information content (AvgIpc) is 2.28. The van der Waals surface area contributed by atoms with E-state index in [9.17, 15) is 0 Å². The first-order valence-electron chi connectivity index (χ1n) is 5.65. The molecule has 0 bridgehead atoms. The lowest BCUT2D eigenvalue weighted by molar-refractivity contribution is -0.936. The van der Waals surface area contributed by atoms with E-state index in [1.54, 1.807) is 0 Å². The molecule has 1 aromatic rings. The van der Waals surface area contributed by atoms with Crippen LogP contribution in [0.5, 0.6) is 0 Å². The Morgan fingerprint density at radius 2 is 1.22 bits per heavy atom. The van der Waals surface area contributed by atoms with Crippen molar-refractivity contribution in [1.82, 2.24) is 6.15 Å². The van der Waals surface area contributed by atoms with Gasteiger partial charge in [0.05, 0.1) is 19.6 Å². The maximum Gasteiger partial charge on any atom is 0.104 e. The van der Waals surface area contributed by atoms with Gasteiger partial charge in [-0.2, -0.15) is 0 Å². The molecule has 2 nitrogen and oxygen atoms in total. The van der Waals surface area contributed by atoms with Gasteiger partial charge in [0.15, 0.2) is 0 Å². The van der Waals surface area contributed by atoms with Crippen molar-refractivity contribution < 1.29 is 28.5 Å². The molecule has 5 heteroatoms. The van der Waals surface area contributed by atoms with E-state index >= 15 is 0 Å². The van der Waals surface area contributed by atoms with Crippen molar-refractivity contribution in [2.75, 3.05) is 19.6 Å². The van der Waals surface area contributed by atoms with Crippen LogP contribution in [0.25, 0.3) is 0 Å². The van der Waals surface area contributed by atoms with Gasteiger partial charge in [0, 0.05) is 5.56 Å². The normalized spacial score (nSPS) is 9.06. The summed E-state index contributed by atoms with van der Waals surface area (Å²) in [4.78, 5) is 0. The van der Waals surface area contributed by atoms with Crippen LogP contribution in [0.2, 0.25) is 0 Å². The molecule has 0 aliphatic rings. The molecule has 0 saturated heterocycles. The van der Waals surface area contributed by atoms with Crippen LogP contribution in [0.4, 0.5) is 0 Å². The van der Waals surface area contributed by atoms with Gasteiger partial charge >= 0.3 is 0 Å². The van der Waals surface area contributed by atoms with Gasteiger partial charge in [0.1, 0.15) is 6.54 Å². The second-order valence-corrected chi connectivity index (χ2v) is 3.93. The highest BCUT2D eigenvalue weighted by molar-refractivity contribution is 14.0. The number of halogens is 3. The molecular formula is C13H27I3N2. The fourth-order valence-electron chi connectivity index (χ4n) is 1.98. The molecule has 0 spiro atoms. The van der Waals surface area contributed by atoms with E-state index in [0.29, 0.717) is 0 Å². The lowest BCUT2D eigenvalue weighted by Gasteiger charge is -2.35. The van der Waals surface area contributed by atoms with Gasteiger partial charge in [-0.25, -0.2) is 0 Å². The summed E-state index contributed by atoms with van der Waals surface area (Å²) < 4.78 is 1.20. The molecule has 0 amide bonds. The van der Waals surface area contributed by atoms with Crippen LogP contribution < -0.4 is 30.1 Å². The first-order chi connectivity index (χ1) is 6.76. The Morgan fingerprint density at radius 1 is 0.833 bits per heavy atom. The zero-order valence-corrected chi connectivity index (χ0v) is 18.4. The van der Waals surface area contributed by atoms with E-state index in [4.69, 9.17) is 0 Å². The third-order valence-electron chi connectivity index (χ3n) is 3.37. The van der Waals surface area contributed by atoms with E-state index in [1.165, 1.54) is 36.2 Å². The Balaban J connectivity index is -0.000000245. The molecular weight excluding hydrogens is 565 g/mol. The average molecular weight is 592 g/mol. The van der Waals surface area contributed by atoms with Crippen molar-refractivity contribution in [3.8, 4) is 0 Å². The third kappa shape index (κ3) is 8.49. The van der Waals surface area contributed by atoms with Gasteiger partial charge in [-0.05, 0) is 20.8 Å². The zero-order valence-electron chi connectivity index (χ0n) is 11.6. The molecule has 0 unspecified atom stereocenters. The molecule has 1 rings (SSSR count). The lowest BCUT2D eigenvalue weighted by Crippen LogP contribution is -3.00. The van der Waals surface area contributed by atoms with Crippen LogP contribution in [0, 0.1) is 0 Å². The van der Waals surface area contributed by atoms with Gasteiger partial charge < -0.3 is 34.6 Å². The highest BCUT2D eigenvalue weighted by atomic mass is 127. The first-order valence-corrected chi connectivity index (χ1v) is 5.65. The van der Waals surface area contributed by atoms with Crippen LogP contribution in [0.1, 0.15) is 26.3 Å². The van der Waals surface area contributed by atoms with E-state index < -0.39 is 0 Å². The Labute approximate surface area is 164 Å². The highest BCUT2D eigenvalue weighted by Gasteiger charge is 2.20. The fraction of sp³-hybridized carbons (Fsp3) is 0.538. The number of rotatable bonds is 5. The van der Waals surface area contributed by atoms with Gasteiger partial charge in [0.25, 0.3) is 0 Å². The molecule has 0 aromatic heterocycles. The van der Waals surface area contributed by atoms with Crippen molar-refractivity contribution >= 4 is 48.0 Å². The quantitative estimate of drug-likeness (QED) is 0.409. The Morgan fingerprint density at radius 3 is 1.56 bits per heavy atom. The van der Waals surface area contributed by atoms with Crippen LogP contribution >= 0.6 is 48.0 Å². The molecule has 0 aliphatic carbocycles. The maximum atomic E-state index is 2.29. The second kappa shape index (κ2) is 14.7. The largest absolute Gasteiger partial charge is 1.00 e. The van der Waals surface area contributed by atoms with Gasteiger partial charge in [-0.15, -0.1) is 48.0 Å². The molecule has 0 aliphatic heterocycles. The van der Waals surface area contributed by atoms with Crippen LogP contribution in [-0.4, -0.2) is 24.1 Å². The number of benzene rings is 1. The minimum Gasteiger partial charge on any atom is -1.00 e. The number of hydrogen-bond acceptors (Lipinski definition) is 1. The highest BCUT2D eigenvalue weighted by Crippen LogP contribution is 2.13. The summed E-state index contributed by atoms with van der Waals surface area (Å²) in [5.41, 5.74) is 1.46. The van der Waals surface area contributed by atoms with Crippen LogP contribution in [0.15, 0.2) is 30.3 Å². The topological polar surface area (TPSA) is 35.0 Å². The lowest BCUT2D eigenvalue weighted by atomic mass is 10.2. The molecule has 0 fully saturated rings. The van der Waals surface area contributed by atoms with E-state index in [2.05, 4.69) is 51.1 Å². The summed E-state index contributed by atoms with van der Waals surface area (Å²) >= 11 is 0. The third-order valence-corrected chi connectivity index (χ3v) is 3.37. The molecule has 0 radical (unpaired) electrons. The molecule has 0 saturated carbocycles. The van der Waals surface area contributed by atoms with Crippen molar-refractivity contribution in [3.63, 3.8) is 0 Å². The van der Waals surface area contributed by atoms with Crippen molar-refractivity contribution in [2.45, 2.75) is 27.3 Å². The number of nitrogens with zero attached hydrogens (tertiary/aromatic N) is 1. The zero-order chi connectivity index (χ0) is 10.4. The smallest absolute Gasteiger partial charge is 0.104 e. The number of hydrogen-bond donors (Lipinski definition) is 1. The van der Waals surface area contributed by atoms with Gasteiger partial charge in [0.2, 0.25) is 0 Å². The summed E-state index contributed by atoms with van der Waals surface area (Å²) in [6.07, 6.45) is 0. The molecule has 0 atom stereocenters. The maximum absolute atomic E-state index is 2.29. The summed E-state index contributed by atoms with van der Waals surface area (Å²) in [6.45, 7) is 11.7. The molecule has 3 N–H and O–H groups in total. The second-order valence-electron chi connectivity index (χ2n) is 3.93. The molecule has 110 valence electrons. The van der Waals surface area contributed by atoms with Crippen LogP contribution in [-0.2, 0) is 6.54 Å². The minimum atomic E-state index is 0. The summed E-state index contributed by atoms with van der Waals surface area (Å²) in [6, 6.07) is 10.8. The van der Waals surface area contributed by atoms with Crippen molar-refractivity contribution in [2.24, 2.45) is 0 Å². The first kappa shape index (κ1) is 27.6. The summed E-state index contributed by atoms with van der Waals surface area (Å²) in [5, 5.41) is 0. The minimum absolute atomic E-state index is 0. The molecule has 0 heterocycles. The van der Waals surface area contributed by atoms with Crippen molar-refractivity contribution in [3.05, 3.63) is 35.9 Å². The molecule has 18 heavy (non-hydrogen) atoms. The monoisotopic (exact) mass is 592 g/mol. The summed E-state index contributed by atoms with van der Waals surface area (Å²) in [5.74, 6) is 0.